The highest BCUT2D eigenvalue weighted by molar-refractivity contribution is 5.82. The summed E-state index contributed by atoms with van der Waals surface area (Å²) in [6.07, 6.45) is 2.69. The van der Waals surface area contributed by atoms with E-state index in [-0.39, 0.29) is 17.4 Å². The van der Waals surface area contributed by atoms with Crippen LogP contribution in [0.1, 0.15) is 53.9 Å². The fourth-order valence-electron chi connectivity index (χ4n) is 2.86. The minimum Gasteiger partial charge on any atom is -0.480 e. The van der Waals surface area contributed by atoms with E-state index in [4.69, 9.17) is 0 Å². The zero-order chi connectivity index (χ0) is 16.2. The zero-order valence-corrected chi connectivity index (χ0v) is 14.0. The molecule has 0 aromatic heterocycles. The van der Waals surface area contributed by atoms with Crippen molar-refractivity contribution in [1.29, 1.82) is 0 Å². The summed E-state index contributed by atoms with van der Waals surface area (Å²) in [7, 11) is 0. The van der Waals surface area contributed by atoms with Crippen molar-refractivity contribution in [1.82, 2.24) is 10.2 Å². The van der Waals surface area contributed by atoms with Gasteiger partial charge in [0.05, 0.1) is 0 Å². The van der Waals surface area contributed by atoms with E-state index in [1.54, 1.807) is 4.90 Å². The number of piperidine rings is 1. The van der Waals surface area contributed by atoms with E-state index in [2.05, 4.69) is 26.1 Å². The van der Waals surface area contributed by atoms with Gasteiger partial charge < -0.3 is 15.3 Å². The lowest BCUT2D eigenvalue weighted by Gasteiger charge is -2.39. The Hall–Kier alpha value is -1.26. The van der Waals surface area contributed by atoms with E-state index in [1.807, 2.05) is 13.8 Å². The van der Waals surface area contributed by atoms with E-state index < -0.39 is 12.0 Å². The first-order valence-electron chi connectivity index (χ1n) is 7.95. The van der Waals surface area contributed by atoms with Crippen molar-refractivity contribution in [3.05, 3.63) is 0 Å². The van der Waals surface area contributed by atoms with Crippen molar-refractivity contribution in [2.24, 2.45) is 17.3 Å². The van der Waals surface area contributed by atoms with Crippen LogP contribution < -0.4 is 5.32 Å². The van der Waals surface area contributed by atoms with E-state index in [9.17, 15) is 14.7 Å². The lowest BCUT2D eigenvalue weighted by Crippen LogP contribution is -2.52. The van der Waals surface area contributed by atoms with Crippen molar-refractivity contribution in [3.8, 4) is 0 Å². The van der Waals surface area contributed by atoms with Gasteiger partial charge in [0, 0.05) is 13.1 Å². The number of carbonyl (C=O) groups excluding carboxylic acids is 1. The largest absolute Gasteiger partial charge is 0.480 e. The minimum atomic E-state index is -0.956. The molecular formula is C16H30N2O3. The summed E-state index contributed by atoms with van der Waals surface area (Å²) >= 11 is 0. The molecular weight excluding hydrogens is 268 g/mol. The molecule has 1 heterocycles. The predicted octanol–water partition coefficient (Wildman–Crippen LogP) is 2.95. The fourth-order valence-corrected chi connectivity index (χ4v) is 2.86. The summed E-state index contributed by atoms with van der Waals surface area (Å²) in [6, 6.07) is -1.04. The van der Waals surface area contributed by atoms with Gasteiger partial charge in [-0.2, -0.15) is 0 Å². The highest BCUT2D eigenvalue weighted by Crippen LogP contribution is 2.34. The molecule has 1 fully saturated rings. The lowest BCUT2D eigenvalue weighted by atomic mass is 9.75. The quantitative estimate of drug-likeness (QED) is 0.838. The topological polar surface area (TPSA) is 69.6 Å². The SMILES string of the molecule is CCC(C)[C@H](NC(=O)N1CCC(C(C)(C)C)CC1)C(=O)O. The van der Waals surface area contributed by atoms with Gasteiger partial charge in [0.25, 0.3) is 0 Å². The summed E-state index contributed by atoms with van der Waals surface area (Å²) < 4.78 is 0. The third-order valence-electron chi connectivity index (χ3n) is 4.76. The van der Waals surface area contributed by atoms with Crippen LogP contribution in [0.5, 0.6) is 0 Å². The first kappa shape index (κ1) is 17.8. The van der Waals surface area contributed by atoms with Crippen molar-refractivity contribution < 1.29 is 14.7 Å². The van der Waals surface area contributed by atoms with E-state index in [0.717, 1.165) is 19.3 Å². The molecule has 2 atom stereocenters. The summed E-state index contributed by atoms with van der Waals surface area (Å²) in [4.78, 5) is 25.3. The minimum absolute atomic E-state index is 0.0708. The second-order valence-corrected chi connectivity index (χ2v) is 7.28. The second kappa shape index (κ2) is 7.14. The Morgan fingerprint density at radius 1 is 1.29 bits per heavy atom. The van der Waals surface area contributed by atoms with Crippen molar-refractivity contribution >= 4 is 12.0 Å². The first-order valence-corrected chi connectivity index (χ1v) is 7.95. The molecule has 0 spiro atoms. The van der Waals surface area contributed by atoms with Gasteiger partial charge in [-0.1, -0.05) is 41.0 Å². The number of hydrogen-bond acceptors (Lipinski definition) is 2. The van der Waals surface area contributed by atoms with Crippen molar-refractivity contribution in [2.45, 2.75) is 59.9 Å². The zero-order valence-electron chi connectivity index (χ0n) is 14.0. The summed E-state index contributed by atoms with van der Waals surface area (Å²) in [5.74, 6) is -0.410. The number of nitrogens with zero attached hydrogens (tertiary/aromatic N) is 1. The van der Waals surface area contributed by atoms with Crippen LogP contribution in [-0.2, 0) is 4.79 Å². The van der Waals surface area contributed by atoms with Gasteiger partial charge in [0.1, 0.15) is 6.04 Å². The van der Waals surface area contributed by atoms with Gasteiger partial charge in [0.2, 0.25) is 0 Å². The molecule has 1 saturated heterocycles. The highest BCUT2D eigenvalue weighted by atomic mass is 16.4. The smallest absolute Gasteiger partial charge is 0.326 e. The van der Waals surface area contributed by atoms with Crippen molar-refractivity contribution in [2.75, 3.05) is 13.1 Å². The molecule has 0 aliphatic carbocycles. The molecule has 2 N–H and O–H groups in total. The average Bonchev–Trinajstić information content (AvgIpc) is 2.42. The normalized spacial score (nSPS) is 20.0. The van der Waals surface area contributed by atoms with Gasteiger partial charge in [-0.05, 0) is 30.1 Å². The molecule has 1 aliphatic rings. The molecule has 2 amide bonds. The number of carboxylic acids is 1. The van der Waals surface area contributed by atoms with Crippen LogP contribution >= 0.6 is 0 Å². The van der Waals surface area contributed by atoms with Crippen LogP contribution in [0.3, 0.4) is 0 Å². The average molecular weight is 298 g/mol. The molecule has 1 aliphatic heterocycles. The number of nitrogens with one attached hydrogen (secondary N) is 1. The van der Waals surface area contributed by atoms with Crippen LogP contribution in [-0.4, -0.2) is 41.1 Å². The van der Waals surface area contributed by atoms with E-state index >= 15 is 0 Å². The number of amides is 2. The van der Waals surface area contributed by atoms with E-state index in [0.29, 0.717) is 19.0 Å². The number of urea groups is 1. The predicted molar refractivity (Wildman–Crippen MR) is 83.2 cm³/mol. The summed E-state index contributed by atoms with van der Waals surface area (Å²) in [5.41, 5.74) is 0.267. The van der Waals surface area contributed by atoms with Gasteiger partial charge in [-0.3, -0.25) is 0 Å². The van der Waals surface area contributed by atoms with Crippen LogP contribution in [0.15, 0.2) is 0 Å². The Balaban J connectivity index is 2.55. The maximum absolute atomic E-state index is 12.2. The molecule has 5 heteroatoms. The molecule has 0 aromatic carbocycles. The number of carbonyl (C=O) groups is 2. The molecule has 21 heavy (non-hydrogen) atoms. The molecule has 1 unspecified atom stereocenters. The van der Waals surface area contributed by atoms with Crippen molar-refractivity contribution in [3.63, 3.8) is 0 Å². The maximum Gasteiger partial charge on any atom is 0.326 e. The summed E-state index contributed by atoms with van der Waals surface area (Å²) in [6.45, 7) is 11.9. The number of rotatable bonds is 4. The van der Waals surface area contributed by atoms with Crippen LogP contribution in [0.25, 0.3) is 0 Å². The molecule has 122 valence electrons. The molecule has 0 radical (unpaired) electrons. The molecule has 0 saturated carbocycles. The van der Waals surface area contributed by atoms with Crippen LogP contribution in [0.2, 0.25) is 0 Å². The number of aliphatic carboxylic acids is 1. The Kier molecular flexibility index (Phi) is 6.05. The Bertz CT molecular complexity index is 368. The number of hydrogen-bond donors (Lipinski definition) is 2. The van der Waals surface area contributed by atoms with Crippen LogP contribution in [0.4, 0.5) is 4.79 Å². The molecule has 5 nitrogen and oxygen atoms in total. The highest BCUT2D eigenvalue weighted by Gasteiger charge is 2.32. The second-order valence-electron chi connectivity index (χ2n) is 7.28. The fraction of sp³-hybridized carbons (Fsp3) is 0.875. The Labute approximate surface area is 128 Å². The molecule has 0 bridgehead atoms. The van der Waals surface area contributed by atoms with Gasteiger partial charge in [0.15, 0.2) is 0 Å². The molecule has 1 rings (SSSR count). The van der Waals surface area contributed by atoms with Crippen LogP contribution in [0, 0.1) is 17.3 Å². The van der Waals surface area contributed by atoms with E-state index in [1.165, 1.54) is 0 Å². The summed E-state index contributed by atoms with van der Waals surface area (Å²) in [5, 5.41) is 11.9. The standard InChI is InChI=1S/C16H30N2O3/c1-6-11(2)13(14(19)20)17-15(21)18-9-7-12(8-10-18)16(3,4)5/h11-13H,6-10H2,1-5H3,(H,17,21)(H,19,20)/t11?,13-/m0/s1. The van der Waals surface area contributed by atoms with Gasteiger partial charge in [-0.15, -0.1) is 0 Å². The van der Waals surface area contributed by atoms with Gasteiger partial charge >= 0.3 is 12.0 Å². The number of likely N-dealkylation sites (tertiary alicyclic amines) is 1. The third kappa shape index (κ3) is 4.90. The Morgan fingerprint density at radius 2 is 1.81 bits per heavy atom. The first-order chi connectivity index (χ1) is 9.66. The third-order valence-corrected chi connectivity index (χ3v) is 4.76. The van der Waals surface area contributed by atoms with Gasteiger partial charge in [-0.25, -0.2) is 9.59 Å². The number of carboxylic acid groups (broad SMARTS) is 1. The molecule has 0 aromatic rings. The Morgan fingerprint density at radius 3 is 2.19 bits per heavy atom. The lowest BCUT2D eigenvalue weighted by molar-refractivity contribution is -0.140. The monoisotopic (exact) mass is 298 g/mol. The maximum atomic E-state index is 12.2.